The molecule has 2 rings (SSSR count). The van der Waals surface area contributed by atoms with Crippen LogP contribution in [-0.4, -0.2) is 12.6 Å². The lowest BCUT2D eigenvalue weighted by Crippen LogP contribution is -2.30. The molecule has 0 aromatic heterocycles. The first-order chi connectivity index (χ1) is 9.65. The average Bonchev–Trinajstić information content (AvgIpc) is 2.44. The molecule has 0 saturated heterocycles. The zero-order chi connectivity index (χ0) is 14.4. The van der Waals surface area contributed by atoms with Crippen molar-refractivity contribution in [3.8, 4) is 0 Å². The molecule has 0 heterocycles. The highest BCUT2D eigenvalue weighted by Crippen LogP contribution is 2.12. The lowest BCUT2D eigenvalue weighted by atomic mass is 10.1. The van der Waals surface area contributed by atoms with Crippen LogP contribution in [0.2, 0.25) is 0 Å². The third kappa shape index (κ3) is 4.12. The minimum atomic E-state index is -0.161. The molecule has 0 aliphatic heterocycles. The molecule has 3 nitrogen and oxygen atoms in total. The summed E-state index contributed by atoms with van der Waals surface area (Å²) in [5.74, 6) is 0. The monoisotopic (exact) mass is 268 g/mol. The van der Waals surface area contributed by atoms with Gasteiger partial charge in [-0.3, -0.25) is 0 Å². The van der Waals surface area contributed by atoms with Crippen molar-refractivity contribution in [3.05, 3.63) is 65.2 Å². The molecule has 0 aliphatic rings. The number of hydrogen-bond donors (Lipinski definition) is 2. The maximum Gasteiger partial charge on any atom is 0.319 e. The lowest BCUT2D eigenvalue weighted by Gasteiger charge is -2.09. The van der Waals surface area contributed by atoms with E-state index in [4.69, 9.17) is 0 Å². The quantitative estimate of drug-likeness (QED) is 0.872. The van der Waals surface area contributed by atoms with Crippen LogP contribution in [0, 0.1) is 13.8 Å². The first-order valence-corrected chi connectivity index (χ1v) is 6.81. The first-order valence-electron chi connectivity index (χ1n) is 6.81. The van der Waals surface area contributed by atoms with Crippen LogP contribution in [0.15, 0.2) is 48.5 Å². The number of urea groups is 1. The predicted molar refractivity (Wildman–Crippen MR) is 83.1 cm³/mol. The van der Waals surface area contributed by atoms with E-state index in [-0.39, 0.29) is 6.03 Å². The smallest absolute Gasteiger partial charge is 0.319 e. The van der Waals surface area contributed by atoms with Gasteiger partial charge in [-0.25, -0.2) is 4.79 Å². The van der Waals surface area contributed by atoms with Crippen LogP contribution < -0.4 is 10.6 Å². The zero-order valence-corrected chi connectivity index (χ0v) is 11.9. The number of aryl methyl sites for hydroxylation is 2. The number of para-hydroxylation sites is 1. The van der Waals surface area contributed by atoms with Crippen molar-refractivity contribution in [2.75, 3.05) is 11.9 Å². The second-order valence-corrected chi connectivity index (χ2v) is 4.93. The van der Waals surface area contributed by atoms with E-state index < -0.39 is 0 Å². The molecular formula is C17H20N2O. The number of nitrogens with one attached hydrogen (secondary N) is 2. The Labute approximate surface area is 120 Å². The van der Waals surface area contributed by atoms with Crippen molar-refractivity contribution in [1.82, 2.24) is 5.32 Å². The molecule has 2 aromatic carbocycles. The molecule has 2 N–H and O–H groups in total. The molecule has 0 bridgehead atoms. The van der Waals surface area contributed by atoms with E-state index in [0.29, 0.717) is 6.54 Å². The van der Waals surface area contributed by atoms with Crippen LogP contribution in [0.1, 0.15) is 16.7 Å². The largest absolute Gasteiger partial charge is 0.338 e. The van der Waals surface area contributed by atoms with Crippen LogP contribution in [0.3, 0.4) is 0 Å². The van der Waals surface area contributed by atoms with Crippen LogP contribution in [0.5, 0.6) is 0 Å². The normalized spacial score (nSPS) is 10.1. The van der Waals surface area contributed by atoms with Gasteiger partial charge in [-0.1, -0.05) is 48.0 Å². The number of carbonyl (C=O) groups excluding carboxylic acids is 1. The third-order valence-corrected chi connectivity index (χ3v) is 3.21. The molecule has 0 fully saturated rings. The van der Waals surface area contributed by atoms with Crippen LogP contribution in [0.4, 0.5) is 10.5 Å². The zero-order valence-electron chi connectivity index (χ0n) is 11.9. The van der Waals surface area contributed by atoms with Crippen molar-refractivity contribution in [1.29, 1.82) is 0 Å². The first kappa shape index (κ1) is 14.1. The van der Waals surface area contributed by atoms with Gasteiger partial charge in [0.2, 0.25) is 0 Å². The molecular weight excluding hydrogens is 248 g/mol. The Kier molecular flexibility index (Phi) is 4.77. The van der Waals surface area contributed by atoms with Gasteiger partial charge >= 0.3 is 6.03 Å². The standard InChI is InChI=1S/C17H20N2O/c1-13-7-9-15(10-8-13)11-12-18-17(20)19-16-6-4-3-5-14(16)2/h3-10H,11-12H2,1-2H3,(H2,18,19,20). The lowest BCUT2D eigenvalue weighted by molar-refractivity contribution is 0.252. The number of hydrogen-bond acceptors (Lipinski definition) is 1. The number of benzene rings is 2. The number of carbonyl (C=O) groups is 1. The highest BCUT2D eigenvalue weighted by molar-refractivity contribution is 5.89. The highest BCUT2D eigenvalue weighted by Gasteiger charge is 2.03. The van der Waals surface area contributed by atoms with Gasteiger partial charge in [-0.2, -0.15) is 0 Å². The molecule has 0 atom stereocenters. The van der Waals surface area contributed by atoms with Crippen molar-refractivity contribution >= 4 is 11.7 Å². The minimum Gasteiger partial charge on any atom is -0.338 e. The fourth-order valence-corrected chi connectivity index (χ4v) is 1.95. The van der Waals surface area contributed by atoms with Gasteiger partial charge in [-0.15, -0.1) is 0 Å². The number of rotatable bonds is 4. The summed E-state index contributed by atoms with van der Waals surface area (Å²) >= 11 is 0. The average molecular weight is 268 g/mol. The topological polar surface area (TPSA) is 41.1 Å². The minimum absolute atomic E-state index is 0.161. The highest BCUT2D eigenvalue weighted by atomic mass is 16.2. The van der Waals surface area contributed by atoms with Gasteiger partial charge in [0.15, 0.2) is 0 Å². The molecule has 0 spiro atoms. The van der Waals surface area contributed by atoms with Gasteiger partial charge in [0.25, 0.3) is 0 Å². The molecule has 0 unspecified atom stereocenters. The van der Waals surface area contributed by atoms with Crippen LogP contribution in [0.25, 0.3) is 0 Å². The van der Waals surface area contributed by atoms with Crippen molar-refractivity contribution in [3.63, 3.8) is 0 Å². The maximum atomic E-state index is 11.8. The fourth-order valence-electron chi connectivity index (χ4n) is 1.95. The van der Waals surface area contributed by atoms with Crippen molar-refractivity contribution < 1.29 is 4.79 Å². The van der Waals surface area contributed by atoms with E-state index in [1.807, 2.05) is 31.2 Å². The van der Waals surface area contributed by atoms with Gasteiger partial charge in [-0.05, 0) is 37.5 Å². The Morgan fingerprint density at radius 1 is 1.00 bits per heavy atom. The second kappa shape index (κ2) is 6.75. The molecule has 0 saturated carbocycles. The maximum absolute atomic E-state index is 11.8. The fraction of sp³-hybridized carbons (Fsp3) is 0.235. The van der Waals surface area contributed by atoms with Crippen molar-refractivity contribution in [2.24, 2.45) is 0 Å². The molecule has 0 radical (unpaired) electrons. The second-order valence-electron chi connectivity index (χ2n) is 4.93. The summed E-state index contributed by atoms with van der Waals surface area (Å²) in [6, 6.07) is 15.9. The van der Waals surface area contributed by atoms with Gasteiger partial charge in [0, 0.05) is 12.2 Å². The summed E-state index contributed by atoms with van der Waals surface area (Å²) in [7, 11) is 0. The Morgan fingerprint density at radius 3 is 2.40 bits per heavy atom. The summed E-state index contributed by atoms with van der Waals surface area (Å²) < 4.78 is 0. The third-order valence-electron chi connectivity index (χ3n) is 3.21. The molecule has 20 heavy (non-hydrogen) atoms. The van der Waals surface area contributed by atoms with Gasteiger partial charge in [0.05, 0.1) is 0 Å². The molecule has 3 heteroatoms. The number of amides is 2. The van der Waals surface area contributed by atoms with Gasteiger partial charge < -0.3 is 10.6 Å². The molecule has 104 valence electrons. The van der Waals surface area contributed by atoms with E-state index >= 15 is 0 Å². The summed E-state index contributed by atoms with van der Waals surface area (Å²) in [5.41, 5.74) is 4.38. The van der Waals surface area contributed by atoms with Crippen LogP contribution in [-0.2, 0) is 6.42 Å². The van der Waals surface area contributed by atoms with E-state index in [2.05, 4.69) is 41.8 Å². The van der Waals surface area contributed by atoms with Crippen molar-refractivity contribution in [2.45, 2.75) is 20.3 Å². The Bertz CT molecular complexity index is 576. The Hall–Kier alpha value is -2.29. The molecule has 0 aliphatic carbocycles. The molecule has 2 amide bonds. The van der Waals surface area contributed by atoms with E-state index in [1.165, 1.54) is 11.1 Å². The summed E-state index contributed by atoms with van der Waals surface area (Å²) in [6.45, 7) is 4.67. The molecule has 2 aromatic rings. The Morgan fingerprint density at radius 2 is 1.70 bits per heavy atom. The van der Waals surface area contributed by atoms with E-state index in [0.717, 1.165) is 17.7 Å². The summed E-state index contributed by atoms with van der Waals surface area (Å²) in [4.78, 5) is 11.8. The predicted octanol–water partition coefficient (Wildman–Crippen LogP) is 3.67. The summed E-state index contributed by atoms with van der Waals surface area (Å²) in [5, 5.41) is 5.73. The van der Waals surface area contributed by atoms with Gasteiger partial charge in [0.1, 0.15) is 0 Å². The SMILES string of the molecule is Cc1ccc(CCNC(=O)Nc2ccccc2C)cc1. The Balaban J connectivity index is 1.78. The van der Waals surface area contributed by atoms with E-state index in [1.54, 1.807) is 0 Å². The van der Waals surface area contributed by atoms with E-state index in [9.17, 15) is 4.79 Å². The number of anilines is 1. The summed E-state index contributed by atoms with van der Waals surface area (Å²) in [6.07, 6.45) is 0.835. The van der Waals surface area contributed by atoms with Crippen LogP contribution >= 0.6 is 0 Å².